The minimum absolute atomic E-state index is 0.129. The van der Waals surface area contributed by atoms with E-state index < -0.39 is 0 Å². The monoisotopic (exact) mass is 415 g/mol. The molecule has 2 heterocycles. The maximum Gasteiger partial charge on any atom is 0.226 e. The number of hydrogen-bond acceptors (Lipinski definition) is 6. The maximum absolute atomic E-state index is 6.17. The molecule has 30 heavy (non-hydrogen) atoms. The van der Waals surface area contributed by atoms with E-state index in [4.69, 9.17) is 14.0 Å². The Bertz CT molecular complexity index is 828. The fourth-order valence-corrected chi connectivity index (χ4v) is 3.15. The largest absolute Gasteiger partial charge is 0.488 e. The van der Waals surface area contributed by atoms with Crippen molar-refractivity contribution in [1.82, 2.24) is 20.8 Å². The number of rotatable bonds is 9. The molecule has 1 unspecified atom stereocenters. The molecular weight excluding hydrogens is 382 g/mol. The summed E-state index contributed by atoms with van der Waals surface area (Å²) in [5, 5.41) is 10.7. The summed E-state index contributed by atoms with van der Waals surface area (Å²) in [4.78, 5) is 8.71. The van der Waals surface area contributed by atoms with E-state index in [0.717, 1.165) is 55.5 Å². The van der Waals surface area contributed by atoms with Gasteiger partial charge in [-0.15, -0.1) is 0 Å². The van der Waals surface area contributed by atoms with Gasteiger partial charge < -0.3 is 24.6 Å². The first-order chi connectivity index (χ1) is 14.5. The fourth-order valence-electron chi connectivity index (χ4n) is 3.15. The summed E-state index contributed by atoms with van der Waals surface area (Å²) in [5.41, 5.74) is 2.28. The van der Waals surface area contributed by atoms with Gasteiger partial charge in [0.2, 0.25) is 5.89 Å². The third-order valence-electron chi connectivity index (χ3n) is 4.93. The van der Waals surface area contributed by atoms with Gasteiger partial charge in [0.05, 0.1) is 13.2 Å². The summed E-state index contributed by atoms with van der Waals surface area (Å²) in [6, 6.07) is 6.28. The number of aromatic nitrogens is 2. The summed E-state index contributed by atoms with van der Waals surface area (Å²) < 4.78 is 16.9. The van der Waals surface area contributed by atoms with Gasteiger partial charge in [-0.1, -0.05) is 31.1 Å². The molecule has 0 aliphatic carbocycles. The lowest BCUT2D eigenvalue weighted by molar-refractivity contribution is 0.140. The Hall–Kier alpha value is -2.61. The minimum atomic E-state index is 0.129. The quantitative estimate of drug-likeness (QED) is 0.369. The number of nitrogens with zero attached hydrogens (tertiary/aromatic N) is 3. The van der Waals surface area contributed by atoms with E-state index in [2.05, 4.69) is 64.7 Å². The van der Waals surface area contributed by atoms with Crippen LogP contribution in [-0.4, -0.2) is 49.0 Å². The van der Waals surface area contributed by atoms with Gasteiger partial charge in [0.25, 0.3) is 0 Å². The maximum atomic E-state index is 6.17. The highest BCUT2D eigenvalue weighted by molar-refractivity contribution is 5.79. The van der Waals surface area contributed by atoms with Crippen LogP contribution in [0.3, 0.4) is 0 Å². The van der Waals surface area contributed by atoms with E-state index in [-0.39, 0.29) is 12.0 Å². The third-order valence-corrected chi connectivity index (χ3v) is 4.93. The Labute approximate surface area is 178 Å². The molecule has 1 saturated heterocycles. The molecule has 1 fully saturated rings. The molecule has 3 rings (SSSR count). The normalized spacial score (nSPS) is 16.8. The third kappa shape index (κ3) is 6.45. The predicted molar refractivity (Wildman–Crippen MR) is 116 cm³/mol. The number of guanidine groups is 1. The topological polar surface area (TPSA) is 93.8 Å². The van der Waals surface area contributed by atoms with E-state index >= 15 is 0 Å². The van der Waals surface area contributed by atoms with Crippen LogP contribution in [0.15, 0.2) is 27.7 Å². The van der Waals surface area contributed by atoms with Crippen molar-refractivity contribution in [3.05, 3.63) is 41.0 Å². The van der Waals surface area contributed by atoms with Gasteiger partial charge >= 0.3 is 0 Å². The molecule has 8 nitrogen and oxygen atoms in total. The van der Waals surface area contributed by atoms with Crippen molar-refractivity contribution in [2.45, 2.75) is 58.6 Å². The summed E-state index contributed by atoms with van der Waals surface area (Å²) in [6.45, 7) is 8.99. The van der Waals surface area contributed by atoms with Crippen molar-refractivity contribution in [2.24, 2.45) is 4.99 Å². The SMILES string of the molecule is CN=C(NCCCc1nc(C(C)C)no1)NCc1ccc(C)cc1OC1CCOC1. The highest BCUT2D eigenvalue weighted by atomic mass is 16.5. The zero-order valence-corrected chi connectivity index (χ0v) is 18.4. The zero-order chi connectivity index (χ0) is 21.3. The van der Waals surface area contributed by atoms with Crippen molar-refractivity contribution in [1.29, 1.82) is 0 Å². The summed E-state index contributed by atoms with van der Waals surface area (Å²) >= 11 is 0. The van der Waals surface area contributed by atoms with Crippen LogP contribution in [0.5, 0.6) is 5.75 Å². The first kappa shape index (κ1) is 22.1. The van der Waals surface area contributed by atoms with Crippen LogP contribution < -0.4 is 15.4 Å². The molecule has 0 amide bonds. The smallest absolute Gasteiger partial charge is 0.226 e. The highest BCUT2D eigenvalue weighted by Crippen LogP contribution is 2.23. The molecule has 164 valence electrons. The van der Waals surface area contributed by atoms with Crippen molar-refractivity contribution >= 4 is 5.96 Å². The summed E-state index contributed by atoms with van der Waals surface area (Å²) in [7, 11) is 1.77. The molecule has 1 aromatic heterocycles. The van der Waals surface area contributed by atoms with Crippen molar-refractivity contribution < 1.29 is 14.0 Å². The number of aliphatic imine (C=N–C) groups is 1. The van der Waals surface area contributed by atoms with Gasteiger partial charge in [0, 0.05) is 44.5 Å². The van der Waals surface area contributed by atoms with Gasteiger partial charge in [0.15, 0.2) is 11.8 Å². The lowest BCUT2D eigenvalue weighted by atomic mass is 10.1. The van der Waals surface area contributed by atoms with Crippen molar-refractivity contribution in [2.75, 3.05) is 26.8 Å². The van der Waals surface area contributed by atoms with E-state index in [0.29, 0.717) is 19.0 Å². The molecule has 0 bridgehead atoms. The number of aryl methyl sites for hydroxylation is 2. The van der Waals surface area contributed by atoms with E-state index in [1.165, 1.54) is 5.56 Å². The molecule has 0 saturated carbocycles. The van der Waals surface area contributed by atoms with Crippen LogP contribution in [0.2, 0.25) is 0 Å². The second-order valence-electron chi connectivity index (χ2n) is 7.87. The Morgan fingerprint density at radius 1 is 1.33 bits per heavy atom. The molecule has 1 aliphatic rings. The molecule has 1 atom stereocenters. The van der Waals surface area contributed by atoms with Crippen LogP contribution in [0.4, 0.5) is 0 Å². The number of ether oxygens (including phenoxy) is 2. The number of benzene rings is 1. The van der Waals surface area contributed by atoms with Crippen LogP contribution in [0.1, 0.15) is 55.4 Å². The zero-order valence-electron chi connectivity index (χ0n) is 18.4. The fraction of sp³-hybridized carbons (Fsp3) is 0.591. The van der Waals surface area contributed by atoms with Gasteiger partial charge in [0.1, 0.15) is 11.9 Å². The molecule has 2 N–H and O–H groups in total. The van der Waals surface area contributed by atoms with Gasteiger partial charge in [-0.05, 0) is 25.0 Å². The average Bonchev–Trinajstić information content (AvgIpc) is 3.41. The van der Waals surface area contributed by atoms with E-state index in [9.17, 15) is 0 Å². The summed E-state index contributed by atoms with van der Waals surface area (Å²) in [5.74, 6) is 3.38. The molecule has 0 spiro atoms. The summed E-state index contributed by atoms with van der Waals surface area (Å²) in [6.07, 6.45) is 2.68. The van der Waals surface area contributed by atoms with E-state index in [1.807, 2.05) is 0 Å². The Kier molecular flexibility index (Phi) is 8.07. The first-order valence-corrected chi connectivity index (χ1v) is 10.7. The average molecular weight is 416 g/mol. The molecule has 1 aliphatic heterocycles. The molecule has 8 heteroatoms. The Morgan fingerprint density at radius 3 is 2.90 bits per heavy atom. The highest BCUT2D eigenvalue weighted by Gasteiger charge is 2.19. The second kappa shape index (κ2) is 11.0. The number of hydrogen-bond donors (Lipinski definition) is 2. The Morgan fingerprint density at radius 2 is 2.20 bits per heavy atom. The lowest BCUT2D eigenvalue weighted by Gasteiger charge is -2.18. The van der Waals surface area contributed by atoms with Gasteiger partial charge in [-0.3, -0.25) is 4.99 Å². The predicted octanol–water partition coefficient (Wildman–Crippen LogP) is 2.97. The molecular formula is C22H33N5O3. The molecule has 2 aromatic rings. The first-order valence-electron chi connectivity index (χ1n) is 10.7. The van der Waals surface area contributed by atoms with Gasteiger partial charge in [-0.2, -0.15) is 4.98 Å². The van der Waals surface area contributed by atoms with Crippen LogP contribution in [0.25, 0.3) is 0 Å². The standard InChI is InChI=1S/C22H33N5O3/c1-15(2)21-26-20(30-27-21)6-5-10-24-22(23-4)25-13-17-8-7-16(3)12-19(17)29-18-9-11-28-14-18/h7-8,12,15,18H,5-6,9-11,13-14H2,1-4H3,(H2,23,24,25). The van der Waals surface area contributed by atoms with Crippen LogP contribution in [-0.2, 0) is 17.7 Å². The molecule has 1 aromatic carbocycles. The van der Waals surface area contributed by atoms with Gasteiger partial charge in [-0.25, -0.2) is 0 Å². The van der Waals surface area contributed by atoms with E-state index in [1.54, 1.807) is 7.05 Å². The van der Waals surface area contributed by atoms with Crippen LogP contribution >= 0.6 is 0 Å². The van der Waals surface area contributed by atoms with Crippen molar-refractivity contribution in [3.63, 3.8) is 0 Å². The number of nitrogens with one attached hydrogen (secondary N) is 2. The Balaban J connectivity index is 1.45. The minimum Gasteiger partial charge on any atom is -0.488 e. The second-order valence-corrected chi connectivity index (χ2v) is 7.87. The lowest BCUT2D eigenvalue weighted by Crippen LogP contribution is -2.37. The van der Waals surface area contributed by atoms with Crippen molar-refractivity contribution in [3.8, 4) is 5.75 Å². The van der Waals surface area contributed by atoms with Crippen LogP contribution in [0, 0.1) is 6.92 Å². The molecule has 0 radical (unpaired) electrons.